The highest BCUT2D eigenvalue weighted by Crippen LogP contribution is 2.23. The molecule has 1 N–H and O–H groups in total. The van der Waals surface area contributed by atoms with Crippen LogP contribution in [0, 0.1) is 12.3 Å². The third-order valence-electron chi connectivity index (χ3n) is 2.39. The van der Waals surface area contributed by atoms with Gasteiger partial charge >= 0.3 is 0 Å². The van der Waals surface area contributed by atoms with Crippen LogP contribution in [0.2, 0.25) is 0 Å². The molecule has 0 aromatic carbocycles. The van der Waals surface area contributed by atoms with Gasteiger partial charge in [-0.05, 0) is 27.7 Å². The smallest absolute Gasteiger partial charge is 0.230 e. The Morgan fingerprint density at radius 3 is 2.18 bits per heavy atom. The van der Waals surface area contributed by atoms with Crippen LogP contribution in [0.5, 0.6) is 0 Å². The summed E-state index contributed by atoms with van der Waals surface area (Å²) in [6, 6.07) is 1.90. The van der Waals surface area contributed by atoms with E-state index in [2.05, 4.69) is 31.2 Å². The third kappa shape index (κ3) is 3.32. The van der Waals surface area contributed by atoms with E-state index in [0.29, 0.717) is 0 Å². The molecule has 1 amide bonds. The average molecular weight is 237 g/mol. The SMILES string of the molecule is Cc1cc(NC(=O)C(C)(C)C)n(C(C)(C)C)n1. The number of aryl methyl sites for hydroxylation is 1. The number of aromatic nitrogens is 2. The number of hydrogen-bond acceptors (Lipinski definition) is 2. The molecule has 0 atom stereocenters. The van der Waals surface area contributed by atoms with Gasteiger partial charge in [-0.3, -0.25) is 4.79 Å². The van der Waals surface area contributed by atoms with Crippen LogP contribution in [0.1, 0.15) is 47.2 Å². The minimum absolute atomic E-state index is 0.00269. The van der Waals surface area contributed by atoms with Gasteiger partial charge < -0.3 is 5.32 Å². The summed E-state index contributed by atoms with van der Waals surface area (Å²) in [5, 5.41) is 7.36. The summed E-state index contributed by atoms with van der Waals surface area (Å²) in [4.78, 5) is 12.0. The first-order valence-electron chi connectivity index (χ1n) is 5.90. The van der Waals surface area contributed by atoms with E-state index >= 15 is 0 Å². The first-order chi connectivity index (χ1) is 7.51. The van der Waals surface area contributed by atoms with Crippen LogP contribution < -0.4 is 5.32 Å². The van der Waals surface area contributed by atoms with Gasteiger partial charge in [0.05, 0.1) is 11.2 Å². The van der Waals surface area contributed by atoms with Crippen LogP contribution in [-0.2, 0) is 10.3 Å². The Kier molecular flexibility index (Phi) is 3.37. The Bertz CT molecular complexity index is 419. The number of amides is 1. The zero-order chi connectivity index (χ0) is 13.4. The van der Waals surface area contributed by atoms with Gasteiger partial charge in [0.1, 0.15) is 5.82 Å². The summed E-state index contributed by atoms with van der Waals surface area (Å²) in [5.41, 5.74) is 0.361. The minimum atomic E-state index is -0.402. The second-order valence-electron chi connectivity index (χ2n) is 6.46. The molecule has 1 rings (SSSR count). The zero-order valence-corrected chi connectivity index (χ0v) is 11.9. The standard InChI is InChI=1S/C13H23N3O/c1-9-8-10(14-11(17)12(2,3)4)16(15-9)13(5,6)7/h8H,1-7H3,(H,14,17). The van der Waals surface area contributed by atoms with Crippen molar-refractivity contribution in [2.75, 3.05) is 5.32 Å². The lowest BCUT2D eigenvalue weighted by atomic mass is 9.96. The van der Waals surface area contributed by atoms with Crippen LogP contribution in [0.3, 0.4) is 0 Å². The van der Waals surface area contributed by atoms with Gasteiger partial charge in [0, 0.05) is 11.5 Å². The maximum atomic E-state index is 12.0. The molecule has 0 saturated carbocycles. The van der Waals surface area contributed by atoms with Gasteiger partial charge in [-0.1, -0.05) is 20.8 Å². The van der Waals surface area contributed by atoms with E-state index in [-0.39, 0.29) is 11.4 Å². The van der Waals surface area contributed by atoms with Crippen LogP contribution in [0.4, 0.5) is 5.82 Å². The quantitative estimate of drug-likeness (QED) is 0.816. The topological polar surface area (TPSA) is 46.9 Å². The Balaban J connectivity index is 3.04. The lowest BCUT2D eigenvalue weighted by Gasteiger charge is -2.24. The molecule has 0 aliphatic heterocycles. The summed E-state index contributed by atoms with van der Waals surface area (Å²) in [5.74, 6) is 0.762. The molecular weight excluding hydrogens is 214 g/mol. The molecule has 0 radical (unpaired) electrons. The van der Waals surface area contributed by atoms with E-state index in [1.54, 1.807) is 0 Å². The van der Waals surface area contributed by atoms with Crippen molar-refractivity contribution in [1.82, 2.24) is 9.78 Å². The molecule has 0 aliphatic rings. The van der Waals surface area contributed by atoms with Crippen molar-refractivity contribution in [2.45, 2.75) is 54.0 Å². The predicted octanol–water partition coefficient (Wildman–Crippen LogP) is 2.93. The van der Waals surface area contributed by atoms with Crippen LogP contribution in [0.25, 0.3) is 0 Å². The van der Waals surface area contributed by atoms with Crippen LogP contribution in [-0.4, -0.2) is 15.7 Å². The highest BCUT2D eigenvalue weighted by Gasteiger charge is 2.25. The second kappa shape index (κ2) is 4.17. The summed E-state index contributed by atoms with van der Waals surface area (Å²) in [6.45, 7) is 13.8. The van der Waals surface area contributed by atoms with Crippen molar-refractivity contribution in [3.05, 3.63) is 11.8 Å². The van der Waals surface area contributed by atoms with E-state index in [1.807, 2.05) is 38.4 Å². The Morgan fingerprint density at radius 2 is 1.76 bits per heavy atom. The van der Waals surface area contributed by atoms with Crippen LogP contribution in [0.15, 0.2) is 6.07 Å². The number of carbonyl (C=O) groups is 1. The van der Waals surface area contributed by atoms with Crippen molar-refractivity contribution in [3.63, 3.8) is 0 Å². The van der Waals surface area contributed by atoms with Gasteiger partial charge in [0.15, 0.2) is 0 Å². The Hall–Kier alpha value is -1.32. The molecule has 0 fully saturated rings. The number of carbonyl (C=O) groups excluding carboxylic acids is 1. The fourth-order valence-corrected chi connectivity index (χ4v) is 1.40. The molecule has 0 spiro atoms. The lowest BCUT2D eigenvalue weighted by molar-refractivity contribution is -0.123. The molecular formula is C13H23N3O. The van der Waals surface area contributed by atoms with E-state index in [0.717, 1.165) is 11.5 Å². The maximum Gasteiger partial charge on any atom is 0.230 e. The monoisotopic (exact) mass is 237 g/mol. The summed E-state index contributed by atoms with van der Waals surface area (Å²) >= 11 is 0. The van der Waals surface area contributed by atoms with Gasteiger partial charge in [-0.2, -0.15) is 5.10 Å². The molecule has 1 aromatic rings. The number of anilines is 1. The highest BCUT2D eigenvalue weighted by atomic mass is 16.2. The largest absolute Gasteiger partial charge is 0.310 e. The number of nitrogens with zero attached hydrogens (tertiary/aromatic N) is 2. The molecule has 96 valence electrons. The van der Waals surface area contributed by atoms with Gasteiger partial charge in [0.2, 0.25) is 5.91 Å². The minimum Gasteiger partial charge on any atom is -0.310 e. The Labute approximate surface area is 103 Å². The molecule has 4 nitrogen and oxygen atoms in total. The van der Waals surface area contributed by atoms with E-state index in [9.17, 15) is 4.79 Å². The molecule has 4 heteroatoms. The van der Waals surface area contributed by atoms with E-state index in [4.69, 9.17) is 0 Å². The molecule has 0 bridgehead atoms. The fraction of sp³-hybridized carbons (Fsp3) is 0.692. The predicted molar refractivity (Wildman–Crippen MR) is 70.0 cm³/mol. The van der Waals surface area contributed by atoms with Crippen LogP contribution >= 0.6 is 0 Å². The molecule has 17 heavy (non-hydrogen) atoms. The maximum absolute atomic E-state index is 12.0. The molecule has 1 aromatic heterocycles. The van der Waals surface area contributed by atoms with E-state index < -0.39 is 5.41 Å². The number of hydrogen-bond donors (Lipinski definition) is 1. The van der Waals surface area contributed by atoms with Crippen molar-refractivity contribution >= 4 is 11.7 Å². The highest BCUT2D eigenvalue weighted by molar-refractivity contribution is 5.93. The van der Waals surface area contributed by atoms with Gasteiger partial charge in [-0.25, -0.2) is 4.68 Å². The molecule has 0 saturated heterocycles. The fourth-order valence-electron chi connectivity index (χ4n) is 1.40. The summed E-state index contributed by atoms with van der Waals surface area (Å²) in [7, 11) is 0. The Morgan fingerprint density at radius 1 is 1.24 bits per heavy atom. The van der Waals surface area contributed by atoms with Crippen molar-refractivity contribution < 1.29 is 4.79 Å². The normalized spacial score (nSPS) is 12.6. The first-order valence-corrected chi connectivity index (χ1v) is 5.90. The van der Waals surface area contributed by atoms with Crippen molar-refractivity contribution in [1.29, 1.82) is 0 Å². The molecule has 1 heterocycles. The van der Waals surface area contributed by atoms with E-state index in [1.165, 1.54) is 0 Å². The second-order valence-corrected chi connectivity index (χ2v) is 6.46. The lowest BCUT2D eigenvalue weighted by Crippen LogP contribution is -2.31. The van der Waals surface area contributed by atoms with Crippen molar-refractivity contribution in [2.24, 2.45) is 5.41 Å². The molecule has 0 aliphatic carbocycles. The summed E-state index contributed by atoms with van der Waals surface area (Å²) in [6.07, 6.45) is 0. The first kappa shape index (κ1) is 13.7. The summed E-state index contributed by atoms with van der Waals surface area (Å²) < 4.78 is 1.85. The van der Waals surface area contributed by atoms with Crippen molar-refractivity contribution in [3.8, 4) is 0 Å². The number of nitrogens with one attached hydrogen (secondary N) is 1. The van der Waals surface area contributed by atoms with Gasteiger partial charge in [0.25, 0.3) is 0 Å². The average Bonchev–Trinajstić information content (AvgIpc) is 2.44. The number of rotatable bonds is 1. The third-order valence-corrected chi connectivity index (χ3v) is 2.39. The molecule has 0 unspecified atom stereocenters. The van der Waals surface area contributed by atoms with Gasteiger partial charge in [-0.15, -0.1) is 0 Å². The zero-order valence-electron chi connectivity index (χ0n) is 11.9.